The highest BCUT2D eigenvalue weighted by Gasteiger charge is 2.22. The molecule has 0 saturated heterocycles. The van der Waals surface area contributed by atoms with Gasteiger partial charge in [-0.05, 0) is 42.2 Å². The number of nitrogens with one attached hydrogen (secondary N) is 2. The number of amides is 1. The number of carbonyl (C=O) groups is 1. The van der Waals surface area contributed by atoms with Crippen LogP contribution in [0.1, 0.15) is 47.2 Å². The van der Waals surface area contributed by atoms with Crippen molar-refractivity contribution >= 4 is 16.8 Å². The summed E-state index contributed by atoms with van der Waals surface area (Å²) in [5.41, 5.74) is 6.84. The quantitative estimate of drug-likeness (QED) is 0.446. The first-order valence-electron chi connectivity index (χ1n) is 10.5. The molecule has 0 spiro atoms. The Balaban J connectivity index is 1.64. The van der Waals surface area contributed by atoms with Crippen LogP contribution in [0, 0.1) is 6.92 Å². The number of nitrogens with zero attached hydrogens (tertiary/aromatic N) is 1. The minimum Gasteiger partial charge on any atom is -0.361 e. The monoisotopic (exact) mass is 397 g/mol. The van der Waals surface area contributed by atoms with E-state index in [0.717, 1.165) is 23.2 Å². The summed E-state index contributed by atoms with van der Waals surface area (Å²) < 4.78 is 0. The number of rotatable bonds is 7. The number of hydrogen-bond donors (Lipinski definition) is 2. The molecule has 2 aromatic heterocycles. The zero-order chi connectivity index (χ0) is 20.9. The van der Waals surface area contributed by atoms with Gasteiger partial charge < -0.3 is 10.3 Å². The molecule has 4 heteroatoms. The minimum absolute atomic E-state index is 0.0183. The number of aromatic amines is 1. The van der Waals surface area contributed by atoms with E-state index in [-0.39, 0.29) is 11.8 Å². The summed E-state index contributed by atoms with van der Waals surface area (Å²) in [4.78, 5) is 20.6. The number of pyridine rings is 1. The number of benzene rings is 2. The van der Waals surface area contributed by atoms with Gasteiger partial charge in [0.15, 0.2) is 0 Å². The maximum atomic E-state index is 12.9. The number of hydrogen-bond acceptors (Lipinski definition) is 2. The molecule has 2 aromatic carbocycles. The van der Waals surface area contributed by atoms with Crippen LogP contribution in [-0.4, -0.2) is 15.9 Å². The first-order chi connectivity index (χ1) is 14.7. The van der Waals surface area contributed by atoms with Gasteiger partial charge in [0.25, 0.3) is 0 Å². The molecule has 4 rings (SSSR count). The number of fused-ring (bicyclic) bond motifs is 1. The van der Waals surface area contributed by atoms with Crippen LogP contribution in [-0.2, 0) is 17.8 Å². The van der Waals surface area contributed by atoms with E-state index in [1.165, 1.54) is 22.0 Å². The number of H-pyrrole nitrogens is 1. The van der Waals surface area contributed by atoms with Crippen molar-refractivity contribution in [1.82, 2.24) is 15.3 Å². The Kier molecular flexibility index (Phi) is 5.94. The van der Waals surface area contributed by atoms with Gasteiger partial charge in [-0.1, -0.05) is 61.0 Å². The molecular formula is C26H27N3O. The second-order valence-corrected chi connectivity index (χ2v) is 7.70. The van der Waals surface area contributed by atoms with E-state index >= 15 is 0 Å². The Bertz CT molecular complexity index is 1130. The van der Waals surface area contributed by atoms with Crippen molar-refractivity contribution < 1.29 is 4.79 Å². The van der Waals surface area contributed by atoms with Crippen LogP contribution in [0.25, 0.3) is 10.9 Å². The molecule has 0 unspecified atom stereocenters. The average molecular weight is 398 g/mol. The van der Waals surface area contributed by atoms with Crippen LogP contribution in [0.5, 0.6) is 0 Å². The van der Waals surface area contributed by atoms with E-state index < -0.39 is 0 Å². The molecule has 4 nitrogen and oxygen atoms in total. The fourth-order valence-corrected chi connectivity index (χ4v) is 3.98. The fraction of sp³-hybridized carbons (Fsp3) is 0.231. The van der Waals surface area contributed by atoms with E-state index in [1.807, 2.05) is 18.2 Å². The van der Waals surface area contributed by atoms with Crippen LogP contribution in [0.2, 0.25) is 0 Å². The van der Waals surface area contributed by atoms with Crippen LogP contribution in [0.3, 0.4) is 0 Å². The lowest BCUT2D eigenvalue weighted by molar-refractivity contribution is -0.121. The van der Waals surface area contributed by atoms with Crippen LogP contribution < -0.4 is 5.32 Å². The third-order valence-corrected chi connectivity index (χ3v) is 5.65. The Labute approximate surface area is 177 Å². The molecule has 30 heavy (non-hydrogen) atoms. The molecule has 0 radical (unpaired) electrons. The predicted octanol–water partition coefficient (Wildman–Crippen LogP) is 5.27. The summed E-state index contributed by atoms with van der Waals surface area (Å²) in [6.45, 7) is 4.68. The molecule has 152 valence electrons. The molecule has 0 fully saturated rings. The second-order valence-electron chi connectivity index (χ2n) is 7.70. The van der Waals surface area contributed by atoms with Crippen molar-refractivity contribution in [2.45, 2.75) is 39.2 Å². The topological polar surface area (TPSA) is 57.8 Å². The summed E-state index contributed by atoms with van der Waals surface area (Å²) in [6, 6.07) is 20.6. The van der Waals surface area contributed by atoms with Crippen molar-refractivity contribution in [2.24, 2.45) is 0 Å². The maximum Gasteiger partial charge on any atom is 0.221 e. The Morgan fingerprint density at radius 3 is 2.63 bits per heavy atom. The Morgan fingerprint density at radius 2 is 1.90 bits per heavy atom. The minimum atomic E-state index is -0.0183. The highest BCUT2D eigenvalue weighted by atomic mass is 16.1. The number of aromatic nitrogens is 2. The van der Waals surface area contributed by atoms with E-state index in [9.17, 15) is 4.79 Å². The first kappa shape index (κ1) is 19.9. The normalized spacial score (nSPS) is 12.1. The summed E-state index contributed by atoms with van der Waals surface area (Å²) in [7, 11) is 0. The molecule has 0 aliphatic heterocycles. The van der Waals surface area contributed by atoms with Gasteiger partial charge in [0.1, 0.15) is 0 Å². The highest BCUT2D eigenvalue weighted by Crippen LogP contribution is 2.34. The molecule has 4 aromatic rings. The third-order valence-electron chi connectivity index (χ3n) is 5.65. The highest BCUT2D eigenvalue weighted by molar-refractivity contribution is 5.88. The first-order valence-corrected chi connectivity index (χ1v) is 10.5. The number of para-hydroxylation sites is 1. The summed E-state index contributed by atoms with van der Waals surface area (Å²) in [6.07, 6.45) is 5.17. The Morgan fingerprint density at radius 1 is 1.07 bits per heavy atom. The zero-order valence-corrected chi connectivity index (χ0v) is 17.5. The zero-order valence-electron chi connectivity index (χ0n) is 17.5. The lowest BCUT2D eigenvalue weighted by Crippen LogP contribution is -2.25. The van der Waals surface area contributed by atoms with Crippen LogP contribution in [0.4, 0.5) is 0 Å². The van der Waals surface area contributed by atoms with E-state index in [1.54, 1.807) is 6.20 Å². The Hall–Kier alpha value is -3.40. The molecule has 2 heterocycles. The average Bonchev–Trinajstić information content (AvgIpc) is 3.21. The molecule has 2 N–H and O–H groups in total. The van der Waals surface area contributed by atoms with Crippen molar-refractivity contribution in [2.75, 3.05) is 0 Å². The summed E-state index contributed by atoms with van der Waals surface area (Å²) >= 11 is 0. The van der Waals surface area contributed by atoms with Gasteiger partial charge in [-0.3, -0.25) is 9.78 Å². The lowest BCUT2D eigenvalue weighted by Gasteiger charge is -2.18. The van der Waals surface area contributed by atoms with Gasteiger partial charge in [-0.2, -0.15) is 0 Å². The summed E-state index contributed by atoms with van der Waals surface area (Å²) in [5.74, 6) is 0.00223. The van der Waals surface area contributed by atoms with Gasteiger partial charge in [0, 0.05) is 35.6 Å². The van der Waals surface area contributed by atoms with Crippen molar-refractivity contribution in [3.63, 3.8) is 0 Å². The van der Waals surface area contributed by atoms with Gasteiger partial charge in [0.2, 0.25) is 5.91 Å². The van der Waals surface area contributed by atoms with Gasteiger partial charge in [-0.15, -0.1) is 0 Å². The second kappa shape index (κ2) is 8.95. The van der Waals surface area contributed by atoms with Crippen molar-refractivity contribution in [1.29, 1.82) is 0 Å². The summed E-state index contributed by atoms with van der Waals surface area (Å²) in [5, 5.41) is 4.22. The molecule has 0 bridgehead atoms. The molecule has 1 atom stereocenters. The van der Waals surface area contributed by atoms with Gasteiger partial charge >= 0.3 is 0 Å². The van der Waals surface area contributed by atoms with E-state index in [0.29, 0.717) is 13.0 Å². The maximum absolute atomic E-state index is 12.9. The standard InChI is InChI=1S/C26H27N3O/c1-3-19-7-6-9-22-24(17-29-26(19)22)23(20-12-10-18(2)11-13-20)15-25(30)28-16-21-8-4-5-14-27-21/h4-14,17,23,29H,3,15-16H2,1-2H3,(H,28,30)/t23-/m1/s1. The molecule has 0 saturated carbocycles. The van der Waals surface area contributed by atoms with E-state index in [2.05, 4.69) is 77.8 Å². The molecule has 0 aliphatic carbocycles. The SMILES string of the molecule is CCc1cccc2c([C@H](CC(=O)NCc3ccccn3)c3ccc(C)cc3)c[nH]c12. The van der Waals surface area contributed by atoms with Crippen LogP contribution in [0.15, 0.2) is 73.1 Å². The van der Waals surface area contributed by atoms with Gasteiger partial charge in [-0.25, -0.2) is 0 Å². The van der Waals surface area contributed by atoms with Crippen molar-refractivity contribution in [3.8, 4) is 0 Å². The van der Waals surface area contributed by atoms with E-state index in [4.69, 9.17) is 0 Å². The third kappa shape index (κ3) is 4.28. The lowest BCUT2D eigenvalue weighted by atomic mass is 9.87. The molecular weight excluding hydrogens is 370 g/mol. The molecule has 1 amide bonds. The fourth-order valence-electron chi connectivity index (χ4n) is 3.98. The largest absolute Gasteiger partial charge is 0.361 e. The van der Waals surface area contributed by atoms with Crippen LogP contribution >= 0.6 is 0 Å². The van der Waals surface area contributed by atoms with Crippen molar-refractivity contribution in [3.05, 3.63) is 101 Å². The smallest absolute Gasteiger partial charge is 0.221 e. The number of aryl methyl sites for hydroxylation is 2. The van der Waals surface area contributed by atoms with Gasteiger partial charge in [0.05, 0.1) is 12.2 Å². The predicted molar refractivity (Wildman–Crippen MR) is 121 cm³/mol. The molecule has 0 aliphatic rings. The number of carbonyl (C=O) groups excluding carboxylic acids is 1.